The van der Waals surface area contributed by atoms with Crippen molar-refractivity contribution in [2.24, 2.45) is 0 Å². The van der Waals surface area contributed by atoms with Gasteiger partial charge in [-0.3, -0.25) is 19.2 Å². The zero-order chi connectivity index (χ0) is 13.6. The summed E-state index contributed by atoms with van der Waals surface area (Å²) >= 11 is 0. The summed E-state index contributed by atoms with van der Waals surface area (Å²) < 4.78 is 0. The van der Waals surface area contributed by atoms with Gasteiger partial charge in [0.25, 0.3) is 11.9 Å². The van der Waals surface area contributed by atoms with Crippen LogP contribution in [0.4, 0.5) is 0 Å². The molecule has 2 atom stereocenters. The van der Waals surface area contributed by atoms with Gasteiger partial charge in [-0.1, -0.05) is 0 Å². The van der Waals surface area contributed by atoms with Crippen molar-refractivity contribution in [2.75, 3.05) is 0 Å². The van der Waals surface area contributed by atoms with E-state index in [9.17, 15) is 19.2 Å². The smallest absolute Gasteiger partial charge is 0.637 e. The number of hydrogen-bond donors (Lipinski definition) is 4. The summed E-state index contributed by atoms with van der Waals surface area (Å²) in [7, 11) is 0. The van der Waals surface area contributed by atoms with Gasteiger partial charge in [-0.15, -0.1) is 0 Å². The number of nitrogens with zero attached hydrogens (tertiary/aromatic N) is 1. The van der Waals surface area contributed by atoms with Crippen LogP contribution < -0.4 is 29.6 Å². The number of rotatable bonds is 8. The third-order valence-corrected chi connectivity index (χ3v) is 1.67. The fraction of sp³-hybridized carbons (Fsp3) is 0.500. The summed E-state index contributed by atoms with van der Waals surface area (Å²) in [4.78, 5) is 41.8. The summed E-state index contributed by atoms with van der Waals surface area (Å²) in [5, 5.41) is 37.1. The van der Waals surface area contributed by atoms with Crippen molar-refractivity contribution < 1.29 is 69.2 Å². The van der Waals surface area contributed by atoms with Crippen LogP contribution in [0.3, 0.4) is 0 Å². The van der Waals surface area contributed by atoms with Gasteiger partial charge in [0.2, 0.25) is 0 Å². The SMILES string of the molecule is O=C(O)CC([N-]C(CC(=O)O)C(=O)O)C(=O)O.[Na+]. The normalized spacial score (nSPS) is 12.9. The number of carboxylic acid groups (broad SMARTS) is 4. The van der Waals surface area contributed by atoms with Gasteiger partial charge in [0, 0.05) is 12.8 Å². The van der Waals surface area contributed by atoms with E-state index >= 15 is 0 Å². The van der Waals surface area contributed by atoms with Gasteiger partial charge in [0.15, 0.2) is 0 Å². The van der Waals surface area contributed by atoms with Crippen LogP contribution >= 0.6 is 0 Å². The number of carboxylic acids is 4. The summed E-state index contributed by atoms with van der Waals surface area (Å²) in [6.45, 7) is 0. The fourth-order valence-electron chi connectivity index (χ4n) is 0.956. The molecule has 4 N–H and O–H groups in total. The maximum absolute atomic E-state index is 10.6. The Morgan fingerprint density at radius 3 is 1.22 bits per heavy atom. The second-order valence-corrected chi connectivity index (χ2v) is 3.05. The molecule has 0 aliphatic rings. The number of hydrogen-bond acceptors (Lipinski definition) is 4. The Morgan fingerprint density at radius 1 is 0.778 bits per heavy atom. The first-order valence-electron chi connectivity index (χ1n) is 4.33. The molecule has 0 rings (SSSR count). The van der Waals surface area contributed by atoms with Crippen molar-refractivity contribution in [1.29, 1.82) is 0 Å². The van der Waals surface area contributed by atoms with E-state index < -0.39 is 48.8 Å². The molecule has 0 aromatic carbocycles. The minimum absolute atomic E-state index is 0. The first-order valence-corrected chi connectivity index (χ1v) is 4.33. The van der Waals surface area contributed by atoms with Gasteiger partial charge in [0.1, 0.15) is 0 Å². The molecule has 96 valence electrons. The van der Waals surface area contributed by atoms with Crippen molar-refractivity contribution in [3.63, 3.8) is 0 Å². The van der Waals surface area contributed by atoms with Gasteiger partial charge in [-0.05, 0) is 12.1 Å². The van der Waals surface area contributed by atoms with Crippen molar-refractivity contribution in [2.45, 2.75) is 24.9 Å². The fourth-order valence-corrected chi connectivity index (χ4v) is 0.956. The van der Waals surface area contributed by atoms with E-state index in [1.165, 1.54) is 0 Å². The maximum Gasteiger partial charge on any atom is 1.00 e. The summed E-state index contributed by atoms with van der Waals surface area (Å²) in [6.07, 6.45) is -1.81. The Balaban J connectivity index is 0. The van der Waals surface area contributed by atoms with Gasteiger partial charge in [-0.25, -0.2) is 0 Å². The van der Waals surface area contributed by atoms with Crippen molar-refractivity contribution in [3.8, 4) is 0 Å². The van der Waals surface area contributed by atoms with Gasteiger partial charge < -0.3 is 25.7 Å². The molecule has 18 heavy (non-hydrogen) atoms. The molecular weight excluding hydrogens is 261 g/mol. The van der Waals surface area contributed by atoms with Crippen molar-refractivity contribution in [1.82, 2.24) is 0 Å². The topological polar surface area (TPSA) is 163 Å². The molecule has 0 bridgehead atoms. The van der Waals surface area contributed by atoms with E-state index in [2.05, 4.69) is 5.32 Å². The van der Waals surface area contributed by atoms with Crippen LogP contribution in [0.5, 0.6) is 0 Å². The van der Waals surface area contributed by atoms with E-state index in [0.29, 0.717) is 0 Å². The molecule has 0 fully saturated rings. The predicted octanol–water partition coefficient (Wildman–Crippen LogP) is -3.78. The van der Waals surface area contributed by atoms with Crippen LogP contribution in [0.25, 0.3) is 5.32 Å². The molecule has 9 nitrogen and oxygen atoms in total. The molecule has 2 unspecified atom stereocenters. The van der Waals surface area contributed by atoms with Crippen LogP contribution in [0, 0.1) is 0 Å². The van der Waals surface area contributed by atoms with Crippen LogP contribution in [0.1, 0.15) is 12.8 Å². The molecule has 0 radical (unpaired) electrons. The first-order chi connectivity index (χ1) is 7.73. The van der Waals surface area contributed by atoms with E-state index in [0.717, 1.165) is 0 Å². The average Bonchev–Trinajstić information content (AvgIpc) is 2.13. The quantitative estimate of drug-likeness (QED) is 0.327. The minimum atomic E-state index is -1.78. The number of carbonyl (C=O) groups is 4. The van der Waals surface area contributed by atoms with Gasteiger partial charge in [0.05, 0.1) is 0 Å². The monoisotopic (exact) mass is 271 g/mol. The summed E-state index contributed by atoms with van der Waals surface area (Å²) in [6, 6.07) is -3.57. The molecule has 0 aromatic rings. The minimum Gasteiger partial charge on any atom is -0.637 e. The second-order valence-electron chi connectivity index (χ2n) is 3.05. The van der Waals surface area contributed by atoms with E-state index in [1.807, 2.05) is 0 Å². The third-order valence-electron chi connectivity index (χ3n) is 1.67. The second kappa shape index (κ2) is 8.86. The molecule has 0 spiro atoms. The molecular formula is C8H10NNaO8. The Bertz CT molecular complexity index is 312. The predicted molar refractivity (Wildman–Crippen MR) is 50.7 cm³/mol. The molecule has 0 aliphatic carbocycles. The molecule has 0 saturated carbocycles. The first kappa shape index (κ1) is 19.2. The van der Waals surface area contributed by atoms with Gasteiger partial charge in [-0.2, -0.15) is 0 Å². The Hall–Kier alpha value is -1.16. The van der Waals surface area contributed by atoms with Crippen LogP contribution in [-0.4, -0.2) is 56.4 Å². The van der Waals surface area contributed by atoms with Crippen LogP contribution in [0.2, 0.25) is 0 Å². The molecule has 0 amide bonds. The molecule has 0 aromatic heterocycles. The van der Waals surface area contributed by atoms with Crippen molar-refractivity contribution in [3.05, 3.63) is 5.32 Å². The zero-order valence-corrected chi connectivity index (χ0v) is 11.4. The van der Waals surface area contributed by atoms with Crippen LogP contribution in [-0.2, 0) is 19.2 Å². The van der Waals surface area contributed by atoms with Crippen molar-refractivity contribution >= 4 is 23.9 Å². The van der Waals surface area contributed by atoms with Crippen LogP contribution in [0.15, 0.2) is 0 Å². The number of aliphatic carboxylic acids is 4. The Kier molecular flexibility index (Phi) is 9.45. The largest absolute Gasteiger partial charge is 1.00 e. The molecule has 0 aliphatic heterocycles. The molecule has 0 saturated heterocycles. The average molecular weight is 271 g/mol. The summed E-state index contributed by atoms with van der Waals surface area (Å²) in [5.74, 6) is -6.19. The third kappa shape index (κ3) is 8.01. The Labute approximate surface area is 123 Å². The van der Waals surface area contributed by atoms with E-state index in [4.69, 9.17) is 20.4 Å². The van der Waals surface area contributed by atoms with Gasteiger partial charge >= 0.3 is 41.5 Å². The van der Waals surface area contributed by atoms with E-state index in [-0.39, 0.29) is 29.6 Å². The Morgan fingerprint density at radius 2 is 1.06 bits per heavy atom. The summed E-state index contributed by atoms with van der Waals surface area (Å²) in [5.41, 5.74) is 0. The molecule has 10 heteroatoms. The molecule has 0 heterocycles. The maximum atomic E-state index is 10.6. The standard InChI is InChI=1S/C8H10NO8.Na/c10-5(11)1-3(7(14)15)9-4(8(16)17)2-6(12)13;/h3-4H,1-2H2,(H,10,11)(H,12,13)(H,14,15)(H,16,17);/q-1;+1. The zero-order valence-electron chi connectivity index (χ0n) is 9.44. The van der Waals surface area contributed by atoms with E-state index in [1.54, 1.807) is 0 Å².